The van der Waals surface area contributed by atoms with Gasteiger partial charge in [-0.1, -0.05) is 11.6 Å². The molecular formula is C8H4ClFN2OS. The summed E-state index contributed by atoms with van der Waals surface area (Å²) in [5, 5.41) is 6.25. The molecule has 14 heavy (non-hydrogen) atoms. The molecule has 0 atom stereocenters. The lowest BCUT2D eigenvalue weighted by Crippen LogP contribution is -1.81. The molecule has 6 heteroatoms. The van der Waals surface area contributed by atoms with Crippen LogP contribution in [0.15, 0.2) is 22.6 Å². The van der Waals surface area contributed by atoms with Crippen LogP contribution in [-0.4, -0.2) is 10.2 Å². The number of nitrogens with zero attached hydrogens (tertiary/aromatic N) is 1. The predicted octanol–water partition coefficient (Wildman–Crippen LogP) is 3.19. The Morgan fingerprint density at radius 2 is 2.29 bits per heavy atom. The second-order valence-electron chi connectivity index (χ2n) is 2.55. The first kappa shape index (κ1) is 9.36. The molecule has 2 rings (SSSR count). The van der Waals surface area contributed by atoms with Crippen LogP contribution in [0.5, 0.6) is 0 Å². The lowest BCUT2D eigenvalue weighted by atomic mass is 10.2. The topological polar surface area (TPSA) is 41.8 Å². The molecule has 0 aliphatic heterocycles. The monoisotopic (exact) mass is 230 g/mol. The maximum Gasteiger partial charge on any atom is 0.284 e. The van der Waals surface area contributed by atoms with Gasteiger partial charge in [-0.2, -0.15) is 0 Å². The van der Waals surface area contributed by atoms with Gasteiger partial charge in [0.2, 0.25) is 5.89 Å². The smallest absolute Gasteiger partial charge is 0.284 e. The summed E-state index contributed by atoms with van der Waals surface area (Å²) in [6.07, 6.45) is 0. The van der Waals surface area contributed by atoms with Crippen LogP contribution in [0.4, 0.5) is 4.39 Å². The summed E-state index contributed by atoms with van der Waals surface area (Å²) in [7, 11) is 0. The van der Waals surface area contributed by atoms with E-state index in [-0.39, 0.29) is 15.8 Å². The van der Waals surface area contributed by atoms with Crippen molar-refractivity contribution in [1.29, 1.82) is 0 Å². The quantitative estimate of drug-likeness (QED) is 0.765. The highest BCUT2D eigenvalue weighted by molar-refractivity contribution is 7.71. The Morgan fingerprint density at radius 1 is 1.50 bits per heavy atom. The van der Waals surface area contributed by atoms with E-state index in [1.165, 1.54) is 12.1 Å². The fraction of sp³-hybridized carbons (Fsp3) is 0. The van der Waals surface area contributed by atoms with Crippen molar-refractivity contribution in [2.45, 2.75) is 0 Å². The Morgan fingerprint density at radius 3 is 2.86 bits per heavy atom. The summed E-state index contributed by atoms with van der Waals surface area (Å²) in [5.74, 6) is -0.279. The van der Waals surface area contributed by atoms with Crippen molar-refractivity contribution >= 4 is 23.8 Å². The zero-order valence-corrected chi connectivity index (χ0v) is 8.32. The van der Waals surface area contributed by atoms with Gasteiger partial charge in [0.1, 0.15) is 5.82 Å². The number of aromatic amines is 1. The summed E-state index contributed by atoms with van der Waals surface area (Å²) in [5.41, 5.74) is 0.485. The van der Waals surface area contributed by atoms with Crippen molar-refractivity contribution in [3.63, 3.8) is 0 Å². The largest absolute Gasteiger partial charge is 0.409 e. The van der Waals surface area contributed by atoms with Crippen molar-refractivity contribution in [2.75, 3.05) is 0 Å². The van der Waals surface area contributed by atoms with Gasteiger partial charge in [0.15, 0.2) is 0 Å². The molecule has 0 radical (unpaired) electrons. The number of rotatable bonds is 1. The maximum atomic E-state index is 13.0. The van der Waals surface area contributed by atoms with Gasteiger partial charge in [-0.15, -0.1) is 5.10 Å². The van der Waals surface area contributed by atoms with Gasteiger partial charge >= 0.3 is 0 Å². The predicted molar refractivity (Wildman–Crippen MR) is 52.1 cm³/mol. The van der Waals surface area contributed by atoms with Gasteiger partial charge in [0.25, 0.3) is 4.84 Å². The van der Waals surface area contributed by atoms with Crippen LogP contribution in [-0.2, 0) is 0 Å². The van der Waals surface area contributed by atoms with Crippen molar-refractivity contribution in [2.24, 2.45) is 0 Å². The standard InChI is InChI=1S/C8H4ClFN2OS/c9-5-2-1-4(3-6(5)10)7-11-12-8(14)13-7/h1-3H,(H,12,14). The van der Waals surface area contributed by atoms with E-state index in [2.05, 4.69) is 22.4 Å². The van der Waals surface area contributed by atoms with Crippen molar-refractivity contribution in [1.82, 2.24) is 10.2 Å². The molecule has 0 fully saturated rings. The van der Waals surface area contributed by atoms with Crippen LogP contribution in [0.2, 0.25) is 5.02 Å². The summed E-state index contributed by atoms with van der Waals surface area (Å²) < 4.78 is 18.0. The first-order valence-corrected chi connectivity index (χ1v) is 4.46. The van der Waals surface area contributed by atoms with Crippen LogP contribution in [0, 0.1) is 10.7 Å². The minimum Gasteiger partial charge on any atom is -0.409 e. The number of hydrogen-bond donors (Lipinski definition) is 1. The molecule has 1 N–H and O–H groups in total. The normalized spacial score (nSPS) is 10.4. The maximum absolute atomic E-state index is 13.0. The van der Waals surface area contributed by atoms with Crippen molar-refractivity contribution < 1.29 is 8.81 Å². The second-order valence-corrected chi connectivity index (χ2v) is 3.33. The fourth-order valence-corrected chi connectivity index (χ4v) is 1.22. The number of halogens is 2. The van der Waals surface area contributed by atoms with E-state index in [1.54, 1.807) is 6.07 Å². The molecule has 0 spiro atoms. The summed E-state index contributed by atoms with van der Waals surface area (Å²) in [6.45, 7) is 0. The molecule has 1 heterocycles. The zero-order valence-electron chi connectivity index (χ0n) is 6.75. The summed E-state index contributed by atoms with van der Waals surface area (Å²) >= 11 is 10.2. The van der Waals surface area contributed by atoms with E-state index in [0.717, 1.165) is 0 Å². The minimum atomic E-state index is -0.520. The molecule has 3 nitrogen and oxygen atoms in total. The van der Waals surface area contributed by atoms with Gasteiger partial charge in [-0.25, -0.2) is 9.49 Å². The van der Waals surface area contributed by atoms with Crippen molar-refractivity contribution in [3.8, 4) is 11.5 Å². The molecule has 0 saturated carbocycles. The molecule has 1 aromatic heterocycles. The number of benzene rings is 1. The second kappa shape index (κ2) is 3.51. The van der Waals surface area contributed by atoms with Crippen LogP contribution >= 0.6 is 23.8 Å². The third-order valence-corrected chi connectivity index (χ3v) is 2.09. The average molecular weight is 231 g/mol. The first-order chi connectivity index (χ1) is 6.66. The van der Waals surface area contributed by atoms with E-state index in [9.17, 15) is 4.39 Å². The molecule has 0 aliphatic carbocycles. The highest BCUT2D eigenvalue weighted by Crippen LogP contribution is 2.22. The molecule has 0 unspecified atom stereocenters. The number of H-pyrrole nitrogens is 1. The fourth-order valence-electron chi connectivity index (χ4n) is 0.982. The van der Waals surface area contributed by atoms with Gasteiger partial charge in [0, 0.05) is 5.56 Å². The zero-order chi connectivity index (χ0) is 10.1. The van der Waals surface area contributed by atoms with Gasteiger partial charge in [-0.3, -0.25) is 0 Å². The molecule has 1 aromatic carbocycles. The molecule has 2 aromatic rings. The molecular weight excluding hydrogens is 227 g/mol. The van der Waals surface area contributed by atoms with Gasteiger partial charge in [-0.05, 0) is 30.4 Å². The van der Waals surface area contributed by atoms with Crippen LogP contribution in [0.1, 0.15) is 0 Å². The third-order valence-electron chi connectivity index (χ3n) is 1.60. The van der Waals surface area contributed by atoms with E-state index >= 15 is 0 Å². The Hall–Kier alpha value is -1.20. The highest BCUT2D eigenvalue weighted by Gasteiger charge is 2.07. The highest BCUT2D eigenvalue weighted by atomic mass is 35.5. The number of nitrogens with one attached hydrogen (secondary N) is 1. The van der Waals surface area contributed by atoms with Crippen molar-refractivity contribution in [3.05, 3.63) is 33.9 Å². The van der Waals surface area contributed by atoms with Crippen LogP contribution in [0.3, 0.4) is 0 Å². The Balaban J connectivity index is 2.52. The average Bonchev–Trinajstić information content (AvgIpc) is 2.57. The molecule has 0 aliphatic rings. The Kier molecular flexibility index (Phi) is 2.35. The molecule has 0 bridgehead atoms. The van der Waals surface area contributed by atoms with E-state index < -0.39 is 5.82 Å². The summed E-state index contributed by atoms with van der Waals surface area (Å²) in [6, 6.07) is 4.26. The van der Waals surface area contributed by atoms with E-state index in [0.29, 0.717) is 5.56 Å². The Bertz CT molecular complexity index is 522. The van der Waals surface area contributed by atoms with Gasteiger partial charge < -0.3 is 4.42 Å². The Labute approximate surface area is 88.5 Å². The van der Waals surface area contributed by atoms with E-state index in [1.807, 2.05) is 0 Å². The lowest BCUT2D eigenvalue weighted by Gasteiger charge is -1.96. The van der Waals surface area contributed by atoms with Gasteiger partial charge in [0.05, 0.1) is 5.02 Å². The first-order valence-electron chi connectivity index (χ1n) is 3.68. The third kappa shape index (κ3) is 1.69. The van der Waals surface area contributed by atoms with E-state index in [4.69, 9.17) is 16.0 Å². The van der Waals surface area contributed by atoms with Crippen LogP contribution < -0.4 is 0 Å². The molecule has 72 valence electrons. The minimum absolute atomic E-state index is 0.0582. The molecule has 0 saturated heterocycles. The van der Waals surface area contributed by atoms with Crippen LogP contribution in [0.25, 0.3) is 11.5 Å². The number of hydrogen-bond acceptors (Lipinski definition) is 3. The lowest BCUT2D eigenvalue weighted by molar-refractivity contribution is 0.550. The summed E-state index contributed by atoms with van der Waals surface area (Å²) in [4.78, 5) is 0.148. The molecule has 0 amide bonds. The SMILES string of the molecule is Fc1cc(-c2n[nH]c(=S)o2)ccc1Cl. The number of aromatic nitrogens is 2.